The lowest BCUT2D eigenvalue weighted by Crippen LogP contribution is -2.09. The third kappa shape index (κ3) is 2.27. The highest BCUT2D eigenvalue weighted by molar-refractivity contribution is 6.30. The number of benzene rings is 2. The van der Waals surface area contributed by atoms with Gasteiger partial charge in [-0.05, 0) is 43.3 Å². The predicted molar refractivity (Wildman–Crippen MR) is 84.6 cm³/mol. The summed E-state index contributed by atoms with van der Waals surface area (Å²) >= 11 is 5.86. The molecule has 0 fully saturated rings. The van der Waals surface area contributed by atoms with Gasteiger partial charge < -0.3 is 9.52 Å². The lowest BCUT2D eigenvalue weighted by molar-refractivity contribution is 0.0698. The molecule has 0 unspecified atom stereocenters. The zero-order valence-corrected chi connectivity index (χ0v) is 12.3. The van der Waals surface area contributed by atoms with Gasteiger partial charge in [0, 0.05) is 16.1 Å². The van der Waals surface area contributed by atoms with E-state index >= 15 is 0 Å². The second-order valence-electron chi connectivity index (χ2n) is 4.88. The molecule has 0 aliphatic rings. The first-order valence-electron chi connectivity index (χ1n) is 6.54. The van der Waals surface area contributed by atoms with Crippen LogP contribution in [-0.4, -0.2) is 11.1 Å². The minimum absolute atomic E-state index is 0.0372. The van der Waals surface area contributed by atoms with E-state index in [0.29, 0.717) is 21.9 Å². The molecular formula is C17H11ClO4. The Labute approximate surface area is 130 Å². The Hall–Kier alpha value is -2.59. The zero-order chi connectivity index (χ0) is 15.9. The summed E-state index contributed by atoms with van der Waals surface area (Å²) in [4.78, 5) is 23.8. The largest absolute Gasteiger partial charge is 0.478 e. The number of hydrogen-bond acceptors (Lipinski definition) is 3. The number of carbonyl (C=O) groups is 1. The van der Waals surface area contributed by atoms with Gasteiger partial charge in [-0.3, -0.25) is 4.79 Å². The van der Waals surface area contributed by atoms with Crippen LogP contribution in [0.15, 0.2) is 51.7 Å². The Kier molecular flexibility index (Phi) is 3.47. The van der Waals surface area contributed by atoms with E-state index < -0.39 is 5.97 Å². The highest BCUT2D eigenvalue weighted by atomic mass is 35.5. The summed E-state index contributed by atoms with van der Waals surface area (Å²) in [6.07, 6.45) is 0. The van der Waals surface area contributed by atoms with Crippen molar-refractivity contribution in [1.82, 2.24) is 0 Å². The number of carboxylic acids is 1. The molecule has 4 nitrogen and oxygen atoms in total. The molecule has 2 aromatic carbocycles. The van der Waals surface area contributed by atoms with Crippen molar-refractivity contribution in [1.29, 1.82) is 0 Å². The molecule has 0 saturated carbocycles. The normalized spacial score (nSPS) is 10.8. The van der Waals surface area contributed by atoms with Gasteiger partial charge in [-0.15, -0.1) is 0 Å². The number of carboxylic acid groups (broad SMARTS) is 1. The smallest absolute Gasteiger partial charge is 0.339 e. The van der Waals surface area contributed by atoms with Gasteiger partial charge in [-0.25, -0.2) is 4.79 Å². The van der Waals surface area contributed by atoms with Crippen LogP contribution in [0.25, 0.3) is 22.3 Å². The van der Waals surface area contributed by atoms with E-state index in [9.17, 15) is 14.7 Å². The second-order valence-corrected chi connectivity index (χ2v) is 5.32. The van der Waals surface area contributed by atoms with E-state index in [0.717, 1.165) is 0 Å². The summed E-state index contributed by atoms with van der Waals surface area (Å²) in [6, 6.07) is 11.3. The first kappa shape index (κ1) is 14.4. The van der Waals surface area contributed by atoms with Crippen LogP contribution in [-0.2, 0) is 0 Å². The van der Waals surface area contributed by atoms with Crippen molar-refractivity contribution in [2.45, 2.75) is 6.92 Å². The van der Waals surface area contributed by atoms with E-state index in [2.05, 4.69) is 0 Å². The Bertz CT molecular complexity index is 939. The SMILES string of the molecule is Cc1c(-c2ccc(Cl)cc2)oc2c(C(=O)O)cccc2c1=O. The Morgan fingerprint density at radius 3 is 2.45 bits per heavy atom. The Balaban J connectivity index is 2.39. The maximum Gasteiger partial charge on any atom is 0.339 e. The highest BCUT2D eigenvalue weighted by Gasteiger charge is 2.17. The minimum atomic E-state index is -1.14. The molecule has 3 aromatic rings. The first-order valence-corrected chi connectivity index (χ1v) is 6.92. The molecule has 22 heavy (non-hydrogen) atoms. The number of rotatable bonds is 2. The average molecular weight is 315 g/mol. The van der Waals surface area contributed by atoms with Crippen molar-refractivity contribution in [3.8, 4) is 11.3 Å². The highest BCUT2D eigenvalue weighted by Crippen LogP contribution is 2.28. The van der Waals surface area contributed by atoms with Crippen LogP contribution in [0, 0.1) is 6.92 Å². The lowest BCUT2D eigenvalue weighted by Gasteiger charge is -2.08. The van der Waals surface area contributed by atoms with E-state index in [-0.39, 0.29) is 22.0 Å². The Morgan fingerprint density at radius 2 is 1.82 bits per heavy atom. The van der Waals surface area contributed by atoms with E-state index in [4.69, 9.17) is 16.0 Å². The molecule has 0 bridgehead atoms. The quantitative estimate of drug-likeness (QED) is 0.772. The number of fused-ring (bicyclic) bond motifs is 1. The van der Waals surface area contributed by atoms with Gasteiger partial charge in [0.2, 0.25) is 0 Å². The molecule has 1 aromatic heterocycles. The second kappa shape index (κ2) is 5.31. The fraction of sp³-hybridized carbons (Fsp3) is 0.0588. The molecule has 0 radical (unpaired) electrons. The van der Waals surface area contributed by atoms with Crippen molar-refractivity contribution >= 4 is 28.5 Å². The molecule has 0 atom stereocenters. The van der Waals surface area contributed by atoms with E-state index in [1.807, 2.05) is 0 Å². The molecule has 110 valence electrons. The molecule has 5 heteroatoms. The van der Waals surface area contributed by atoms with Crippen LogP contribution in [0.1, 0.15) is 15.9 Å². The summed E-state index contributed by atoms with van der Waals surface area (Å²) in [5.41, 5.74) is 0.896. The predicted octanol–water partition coefficient (Wildman–Crippen LogP) is 4.12. The molecule has 1 N–H and O–H groups in total. The van der Waals surface area contributed by atoms with Gasteiger partial charge in [0.25, 0.3) is 0 Å². The number of halogens is 1. The van der Waals surface area contributed by atoms with Gasteiger partial charge in [0.1, 0.15) is 11.3 Å². The minimum Gasteiger partial charge on any atom is -0.478 e. The van der Waals surface area contributed by atoms with Gasteiger partial charge in [0.15, 0.2) is 11.0 Å². The summed E-state index contributed by atoms with van der Waals surface area (Å²) in [6.45, 7) is 1.66. The molecule has 0 amide bonds. The fourth-order valence-corrected chi connectivity index (χ4v) is 2.48. The van der Waals surface area contributed by atoms with Gasteiger partial charge in [-0.2, -0.15) is 0 Å². The van der Waals surface area contributed by atoms with Crippen LogP contribution in [0.2, 0.25) is 5.02 Å². The van der Waals surface area contributed by atoms with Gasteiger partial charge in [0.05, 0.1) is 5.39 Å². The first-order chi connectivity index (χ1) is 10.5. The third-order valence-corrected chi connectivity index (χ3v) is 3.73. The molecule has 0 aliphatic carbocycles. The third-order valence-electron chi connectivity index (χ3n) is 3.48. The van der Waals surface area contributed by atoms with Crippen molar-refractivity contribution in [3.05, 3.63) is 68.8 Å². The van der Waals surface area contributed by atoms with Crippen molar-refractivity contribution < 1.29 is 14.3 Å². The molecule has 3 rings (SSSR count). The zero-order valence-electron chi connectivity index (χ0n) is 11.6. The van der Waals surface area contributed by atoms with Crippen LogP contribution in [0.4, 0.5) is 0 Å². The average Bonchev–Trinajstić information content (AvgIpc) is 2.51. The molecule has 1 heterocycles. The van der Waals surface area contributed by atoms with Crippen LogP contribution in [0.3, 0.4) is 0 Å². The summed E-state index contributed by atoms with van der Waals surface area (Å²) in [5.74, 6) is -0.789. The number of hydrogen-bond donors (Lipinski definition) is 1. The molecule has 0 saturated heterocycles. The molecular weight excluding hydrogens is 304 g/mol. The topological polar surface area (TPSA) is 67.5 Å². The maximum absolute atomic E-state index is 12.5. The number of para-hydroxylation sites is 1. The monoisotopic (exact) mass is 314 g/mol. The lowest BCUT2D eigenvalue weighted by atomic mass is 10.0. The van der Waals surface area contributed by atoms with Gasteiger partial charge in [-0.1, -0.05) is 17.7 Å². The van der Waals surface area contributed by atoms with Gasteiger partial charge >= 0.3 is 5.97 Å². The summed E-state index contributed by atoms with van der Waals surface area (Å²) in [7, 11) is 0. The van der Waals surface area contributed by atoms with Crippen molar-refractivity contribution in [3.63, 3.8) is 0 Å². The van der Waals surface area contributed by atoms with Crippen LogP contribution < -0.4 is 5.43 Å². The van der Waals surface area contributed by atoms with E-state index in [1.165, 1.54) is 12.1 Å². The molecule has 0 aliphatic heterocycles. The van der Waals surface area contributed by atoms with Crippen LogP contribution >= 0.6 is 11.6 Å². The maximum atomic E-state index is 12.5. The molecule has 0 spiro atoms. The van der Waals surface area contributed by atoms with Crippen molar-refractivity contribution in [2.75, 3.05) is 0 Å². The summed E-state index contributed by atoms with van der Waals surface area (Å²) < 4.78 is 5.77. The Morgan fingerprint density at radius 1 is 1.14 bits per heavy atom. The fourth-order valence-electron chi connectivity index (χ4n) is 2.35. The van der Waals surface area contributed by atoms with Crippen LogP contribution in [0.5, 0.6) is 0 Å². The number of aromatic carboxylic acids is 1. The van der Waals surface area contributed by atoms with E-state index in [1.54, 1.807) is 37.3 Å². The summed E-state index contributed by atoms with van der Waals surface area (Å²) in [5, 5.41) is 10.1. The standard InChI is InChI=1S/C17H11ClO4/c1-9-14(19)12-3-2-4-13(17(20)21)16(12)22-15(9)10-5-7-11(18)8-6-10/h2-8H,1H3,(H,20,21). The van der Waals surface area contributed by atoms with Crippen molar-refractivity contribution in [2.24, 2.45) is 0 Å².